The lowest BCUT2D eigenvalue weighted by atomic mass is 10.00. The molecule has 0 aliphatic rings. The van der Waals surface area contributed by atoms with Crippen LogP contribution in [0.15, 0.2) is 66.7 Å². The van der Waals surface area contributed by atoms with E-state index in [9.17, 15) is 5.11 Å². The molecule has 3 rings (SSSR count). The first-order valence-electron chi connectivity index (χ1n) is 7.32. The Bertz CT molecular complexity index is 768. The summed E-state index contributed by atoms with van der Waals surface area (Å²) >= 11 is 0. The Balaban J connectivity index is 1.94. The molecule has 0 saturated heterocycles. The average Bonchev–Trinajstić information content (AvgIpc) is 2.62. The number of benzene rings is 3. The Labute approximate surface area is 135 Å². The van der Waals surface area contributed by atoms with Gasteiger partial charge in [0.15, 0.2) is 0 Å². The van der Waals surface area contributed by atoms with Crippen LogP contribution in [0, 0.1) is 0 Å². The van der Waals surface area contributed by atoms with Crippen molar-refractivity contribution in [2.24, 2.45) is 0 Å². The van der Waals surface area contributed by atoms with Gasteiger partial charge in [0.25, 0.3) is 0 Å². The molecule has 0 fully saturated rings. The maximum absolute atomic E-state index is 9.37. The van der Waals surface area contributed by atoms with Gasteiger partial charge in [0.1, 0.15) is 17.2 Å². The highest BCUT2D eigenvalue weighted by Crippen LogP contribution is 2.31. The second-order valence-electron chi connectivity index (χ2n) is 5.23. The quantitative estimate of drug-likeness (QED) is 0.756. The number of hydrogen-bond acceptors (Lipinski definition) is 3. The second kappa shape index (κ2) is 6.44. The minimum Gasteiger partial charge on any atom is -0.508 e. The Morgan fingerprint density at radius 1 is 0.565 bits per heavy atom. The molecule has 3 aromatic carbocycles. The number of hydrogen-bond donors (Lipinski definition) is 1. The van der Waals surface area contributed by atoms with Gasteiger partial charge in [-0.1, -0.05) is 36.4 Å². The molecule has 0 aliphatic heterocycles. The van der Waals surface area contributed by atoms with E-state index in [1.54, 1.807) is 26.4 Å². The molecule has 0 radical (unpaired) electrons. The van der Waals surface area contributed by atoms with Gasteiger partial charge in [-0.25, -0.2) is 0 Å². The van der Waals surface area contributed by atoms with Crippen LogP contribution in [-0.4, -0.2) is 19.3 Å². The van der Waals surface area contributed by atoms with Gasteiger partial charge in [-0.15, -0.1) is 0 Å². The van der Waals surface area contributed by atoms with Gasteiger partial charge in [-0.3, -0.25) is 0 Å². The van der Waals surface area contributed by atoms with Gasteiger partial charge in [0.2, 0.25) is 0 Å². The van der Waals surface area contributed by atoms with E-state index in [1.165, 1.54) is 0 Å². The zero-order chi connectivity index (χ0) is 16.2. The minimum atomic E-state index is 0.272. The molecule has 0 bridgehead atoms. The molecule has 3 aromatic rings. The van der Waals surface area contributed by atoms with Crippen molar-refractivity contribution < 1.29 is 14.6 Å². The SMILES string of the molecule is COc1cc(OC)cc(-c2ccc(-c3ccc(O)cc3)cc2)c1. The molecule has 0 heterocycles. The van der Waals surface area contributed by atoms with Crippen molar-refractivity contribution in [2.75, 3.05) is 14.2 Å². The third-order valence-corrected chi connectivity index (χ3v) is 3.77. The van der Waals surface area contributed by atoms with E-state index in [2.05, 4.69) is 24.3 Å². The molecule has 116 valence electrons. The van der Waals surface area contributed by atoms with Crippen LogP contribution in [-0.2, 0) is 0 Å². The minimum absolute atomic E-state index is 0.272. The van der Waals surface area contributed by atoms with Gasteiger partial charge < -0.3 is 14.6 Å². The molecule has 3 heteroatoms. The largest absolute Gasteiger partial charge is 0.508 e. The molecular weight excluding hydrogens is 288 g/mol. The number of methoxy groups -OCH3 is 2. The van der Waals surface area contributed by atoms with Crippen molar-refractivity contribution in [1.82, 2.24) is 0 Å². The van der Waals surface area contributed by atoms with Crippen LogP contribution >= 0.6 is 0 Å². The van der Waals surface area contributed by atoms with Crippen LogP contribution in [0.2, 0.25) is 0 Å². The Hall–Kier alpha value is -2.94. The number of phenols is 1. The van der Waals surface area contributed by atoms with Gasteiger partial charge >= 0.3 is 0 Å². The van der Waals surface area contributed by atoms with Crippen LogP contribution in [0.3, 0.4) is 0 Å². The Morgan fingerprint density at radius 3 is 1.39 bits per heavy atom. The van der Waals surface area contributed by atoms with Crippen molar-refractivity contribution in [3.63, 3.8) is 0 Å². The lowest BCUT2D eigenvalue weighted by Gasteiger charge is -2.09. The summed E-state index contributed by atoms with van der Waals surface area (Å²) in [4.78, 5) is 0. The molecule has 0 aliphatic carbocycles. The van der Waals surface area contributed by atoms with Gasteiger partial charge in [0.05, 0.1) is 14.2 Å². The van der Waals surface area contributed by atoms with Crippen LogP contribution in [0.4, 0.5) is 0 Å². The summed E-state index contributed by atoms with van der Waals surface area (Å²) in [6.45, 7) is 0. The van der Waals surface area contributed by atoms with E-state index in [0.717, 1.165) is 33.8 Å². The summed E-state index contributed by atoms with van der Waals surface area (Å²) in [6, 6.07) is 21.3. The normalized spacial score (nSPS) is 10.3. The Morgan fingerprint density at radius 2 is 0.957 bits per heavy atom. The summed E-state index contributed by atoms with van der Waals surface area (Å²) in [7, 11) is 3.29. The first-order valence-corrected chi connectivity index (χ1v) is 7.32. The van der Waals surface area contributed by atoms with Gasteiger partial charge in [-0.05, 0) is 46.5 Å². The van der Waals surface area contributed by atoms with Crippen LogP contribution < -0.4 is 9.47 Å². The van der Waals surface area contributed by atoms with Crippen molar-refractivity contribution in [1.29, 1.82) is 0 Å². The highest BCUT2D eigenvalue weighted by Gasteiger charge is 2.05. The summed E-state index contributed by atoms with van der Waals surface area (Å²) < 4.78 is 10.6. The first kappa shape index (κ1) is 15.0. The number of aromatic hydroxyl groups is 1. The summed E-state index contributed by atoms with van der Waals surface area (Å²) in [5.74, 6) is 1.80. The summed E-state index contributed by atoms with van der Waals surface area (Å²) in [5.41, 5.74) is 4.30. The van der Waals surface area contributed by atoms with E-state index in [1.807, 2.05) is 30.3 Å². The molecule has 1 N–H and O–H groups in total. The zero-order valence-electron chi connectivity index (χ0n) is 13.1. The fraction of sp³-hybridized carbons (Fsp3) is 0.100. The van der Waals surface area contributed by atoms with E-state index in [-0.39, 0.29) is 5.75 Å². The third-order valence-electron chi connectivity index (χ3n) is 3.77. The van der Waals surface area contributed by atoms with E-state index in [4.69, 9.17) is 9.47 Å². The second-order valence-corrected chi connectivity index (χ2v) is 5.23. The Kier molecular flexibility index (Phi) is 4.20. The lowest BCUT2D eigenvalue weighted by molar-refractivity contribution is 0.394. The molecule has 3 nitrogen and oxygen atoms in total. The van der Waals surface area contributed by atoms with E-state index >= 15 is 0 Å². The molecule has 0 saturated carbocycles. The standard InChI is InChI=1S/C20H18O3/c1-22-19-11-17(12-20(13-19)23-2)16-5-3-14(4-6-16)15-7-9-18(21)10-8-15/h3-13,21H,1-2H3. The molecule has 0 aromatic heterocycles. The molecule has 0 unspecified atom stereocenters. The fourth-order valence-corrected chi connectivity index (χ4v) is 2.48. The van der Waals surface area contributed by atoms with E-state index < -0.39 is 0 Å². The maximum Gasteiger partial charge on any atom is 0.123 e. The highest BCUT2D eigenvalue weighted by atomic mass is 16.5. The van der Waals surface area contributed by atoms with Crippen LogP contribution in [0.25, 0.3) is 22.3 Å². The molecule has 0 amide bonds. The smallest absolute Gasteiger partial charge is 0.123 e. The van der Waals surface area contributed by atoms with Crippen LogP contribution in [0.5, 0.6) is 17.2 Å². The number of ether oxygens (including phenoxy) is 2. The third kappa shape index (κ3) is 3.29. The average molecular weight is 306 g/mol. The summed E-state index contributed by atoms with van der Waals surface area (Å²) in [5, 5.41) is 9.37. The predicted molar refractivity (Wildman–Crippen MR) is 92.1 cm³/mol. The predicted octanol–water partition coefficient (Wildman–Crippen LogP) is 4.74. The lowest BCUT2D eigenvalue weighted by Crippen LogP contribution is -1.89. The number of phenolic OH excluding ortho intramolecular Hbond substituents is 1. The fourth-order valence-electron chi connectivity index (χ4n) is 2.48. The van der Waals surface area contributed by atoms with E-state index in [0.29, 0.717) is 0 Å². The molecule has 23 heavy (non-hydrogen) atoms. The molecule has 0 atom stereocenters. The van der Waals surface area contributed by atoms with Crippen molar-refractivity contribution in [2.45, 2.75) is 0 Å². The monoisotopic (exact) mass is 306 g/mol. The highest BCUT2D eigenvalue weighted by molar-refractivity contribution is 5.72. The van der Waals surface area contributed by atoms with Crippen LogP contribution in [0.1, 0.15) is 0 Å². The maximum atomic E-state index is 9.37. The van der Waals surface area contributed by atoms with Gasteiger partial charge in [-0.2, -0.15) is 0 Å². The zero-order valence-corrected chi connectivity index (χ0v) is 13.1. The summed E-state index contributed by atoms with van der Waals surface area (Å²) in [6.07, 6.45) is 0. The topological polar surface area (TPSA) is 38.7 Å². The van der Waals surface area contributed by atoms with Crippen molar-refractivity contribution >= 4 is 0 Å². The van der Waals surface area contributed by atoms with Crippen molar-refractivity contribution in [3.8, 4) is 39.5 Å². The van der Waals surface area contributed by atoms with Crippen molar-refractivity contribution in [3.05, 3.63) is 66.7 Å². The molecule has 0 spiro atoms. The van der Waals surface area contributed by atoms with Gasteiger partial charge in [0, 0.05) is 6.07 Å². The number of rotatable bonds is 4. The first-order chi connectivity index (χ1) is 11.2. The molecular formula is C20H18O3.